The van der Waals surface area contributed by atoms with Gasteiger partial charge >= 0.3 is 39.5 Å². The van der Waals surface area contributed by atoms with Gasteiger partial charge in [-0.25, -0.2) is 9.13 Å². The molecule has 0 radical (unpaired) electrons. The van der Waals surface area contributed by atoms with Gasteiger partial charge in [0, 0.05) is 25.7 Å². The molecule has 17 nitrogen and oxygen atoms in total. The Hall–Kier alpha value is -1.94. The molecule has 0 heterocycles. The van der Waals surface area contributed by atoms with Gasteiger partial charge in [0.25, 0.3) is 0 Å². The van der Waals surface area contributed by atoms with E-state index < -0.39 is 97.5 Å². The summed E-state index contributed by atoms with van der Waals surface area (Å²) >= 11 is 0. The third-order valence-corrected chi connectivity index (χ3v) is 18.7. The fourth-order valence-corrected chi connectivity index (χ4v) is 12.6. The van der Waals surface area contributed by atoms with Crippen molar-refractivity contribution in [1.82, 2.24) is 0 Å². The number of phosphoric ester groups is 2. The van der Waals surface area contributed by atoms with E-state index in [1.54, 1.807) is 0 Å². The van der Waals surface area contributed by atoms with Crippen molar-refractivity contribution >= 4 is 39.5 Å². The SMILES string of the molecule is CCCCCCCCCCCCCCCCCCC(=O)O[C@H](COC(=O)CCCCCCCCCCCCCCC)COP(=O)(O)OC[C@@H](O)COP(=O)(O)OC[C@@H](COC(=O)CCCCCCCCC(C)C)OC(=O)CCCCCCCCCCCCCCC. The third kappa shape index (κ3) is 66.5. The molecule has 0 spiro atoms. The Kier molecular flexibility index (Phi) is 64.0. The van der Waals surface area contributed by atoms with Gasteiger partial charge in [-0.1, -0.05) is 324 Å². The summed E-state index contributed by atoms with van der Waals surface area (Å²) in [7, 11) is -9.90. The molecule has 2 unspecified atom stereocenters. The van der Waals surface area contributed by atoms with Crippen molar-refractivity contribution in [3.8, 4) is 0 Å². The summed E-state index contributed by atoms with van der Waals surface area (Å²) in [6.07, 6.45) is 52.7. The van der Waals surface area contributed by atoms with E-state index in [1.807, 2.05) is 0 Å². The molecule has 540 valence electrons. The molecule has 0 aromatic rings. The van der Waals surface area contributed by atoms with E-state index in [0.717, 1.165) is 96.3 Å². The van der Waals surface area contributed by atoms with E-state index in [-0.39, 0.29) is 25.7 Å². The zero-order chi connectivity index (χ0) is 67.0. The molecule has 5 atom stereocenters. The van der Waals surface area contributed by atoms with Gasteiger partial charge in [-0.3, -0.25) is 37.3 Å². The van der Waals surface area contributed by atoms with Gasteiger partial charge in [0.15, 0.2) is 12.2 Å². The Bertz CT molecular complexity index is 1750. The minimum atomic E-state index is -4.95. The molecule has 0 aliphatic carbocycles. The van der Waals surface area contributed by atoms with E-state index in [9.17, 15) is 43.2 Å². The number of carbonyl (C=O) groups is 4. The highest BCUT2D eigenvalue weighted by Gasteiger charge is 2.30. The minimum Gasteiger partial charge on any atom is -0.462 e. The molecule has 0 aromatic heterocycles. The number of rotatable bonds is 72. The number of hydrogen-bond donors (Lipinski definition) is 3. The molecule has 0 bridgehead atoms. The van der Waals surface area contributed by atoms with Gasteiger partial charge in [0.1, 0.15) is 19.3 Å². The van der Waals surface area contributed by atoms with E-state index in [1.165, 1.54) is 193 Å². The number of aliphatic hydroxyl groups excluding tert-OH is 1. The van der Waals surface area contributed by atoms with Crippen LogP contribution in [-0.2, 0) is 65.4 Å². The number of phosphoric acid groups is 2. The average molecular weight is 1340 g/mol. The number of ether oxygens (including phenoxy) is 4. The Morgan fingerprint density at radius 1 is 0.297 bits per heavy atom. The van der Waals surface area contributed by atoms with Crippen molar-refractivity contribution in [1.29, 1.82) is 0 Å². The first-order chi connectivity index (χ1) is 44.0. The predicted molar refractivity (Wildman–Crippen MR) is 368 cm³/mol. The lowest BCUT2D eigenvalue weighted by atomic mass is 10.0. The number of unbranched alkanes of at least 4 members (excludes halogenated alkanes) is 44. The summed E-state index contributed by atoms with van der Waals surface area (Å²) < 4.78 is 68.4. The maximum atomic E-state index is 13.0. The summed E-state index contributed by atoms with van der Waals surface area (Å²) in [5.74, 6) is -1.44. The number of esters is 4. The number of aliphatic hydroxyl groups is 1. The van der Waals surface area contributed by atoms with Gasteiger partial charge in [-0.2, -0.15) is 0 Å². The maximum Gasteiger partial charge on any atom is 0.472 e. The molecule has 0 aliphatic rings. The first-order valence-electron chi connectivity index (χ1n) is 37.6. The summed E-state index contributed by atoms with van der Waals surface area (Å²) in [5.41, 5.74) is 0. The third-order valence-electron chi connectivity index (χ3n) is 16.8. The lowest BCUT2D eigenvalue weighted by Crippen LogP contribution is -2.30. The van der Waals surface area contributed by atoms with E-state index in [2.05, 4.69) is 34.6 Å². The number of carbonyl (C=O) groups excluding carboxylic acids is 4. The van der Waals surface area contributed by atoms with E-state index in [4.69, 9.17) is 37.0 Å². The van der Waals surface area contributed by atoms with E-state index >= 15 is 0 Å². The summed E-state index contributed by atoms with van der Waals surface area (Å²) in [4.78, 5) is 72.6. The molecule has 0 rings (SSSR count). The predicted octanol–water partition coefficient (Wildman–Crippen LogP) is 20.9. The van der Waals surface area contributed by atoms with Crippen molar-refractivity contribution in [2.75, 3.05) is 39.6 Å². The Balaban J connectivity index is 5.23. The Labute approximate surface area is 556 Å². The van der Waals surface area contributed by atoms with Crippen LogP contribution in [0.15, 0.2) is 0 Å². The molecule has 0 aliphatic heterocycles. The fourth-order valence-electron chi connectivity index (χ4n) is 11.0. The van der Waals surface area contributed by atoms with Crippen molar-refractivity contribution in [2.45, 2.75) is 393 Å². The fraction of sp³-hybridized carbons (Fsp3) is 0.944. The maximum absolute atomic E-state index is 13.0. The van der Waals surface area contributed by atoms with E-state index in [0.29, 0.717) is 31.6 Å². The highest BCUT2D eigenvalue weighted by molar-refractivity contribution is 7.47. The molecule has 0 saturated heterocycles. The van der Waals surface area contributed by atoms with Crippen LogP contribution in [0, 0.1) is 5.92 Å². The van der Waals surface area contributed by atoms with Crippen LogP contribution in [-0.4, -0.2) is 96.7 Å². The monoisotopic (exact) mass is 1340 g/mol. The largest absolute Gasteiger partial charge is 0.472 e. The Morgan fingerprint density at radius 2 is 0.505 bits per heavy atom. The normalized spacial score (nSPS) is 14.0. The summed E-state index contributed by atoms with van der Waals surface area (Å²) in [6.45, 7) is 7.19. The average Bonchev–Trinajstić information content (AvgIpc) is 2.78. The zero-order valence-electron chi connectivity index (χ0n) is 59.0. The van der Waals surface area contributed by atoms with Gasteiger partial charge in [-0.15, -0.1) is 0 Å². The molecule has 0 fully saturated rings. The second-order valence-electron chi connectivity index (χ2n) is 26.5. The summed E-state index contributed by atoms with van der Waals surface area (Å²) in [6, 6.07) is 0. The first kappa shape index (κ1) is 89.1. The lowest BCUT2D eigenvalue weighted by Gasteiger charge is -2.21. The zero-order valence-corrected chi connectivity index (χ0v) is 60.8. The molecular weight excluding hydrogens is 1200 g/mol. The highest BCUT2D eigenvalue weighted by Crippen LogP contribution is 2.45. The summed E-state index contributed by atoms with van der Waals surface area (Å²) in [5, 5.41) is 10.6. The smallest absolute Gasteiger partial charge is 0.462 e. The second kappa shape index (κ2) is 65.4. The molecule has 0 aromatic carbocycles. The van der Waals surface area contributed by atoms with Crippen LogP contribution in [0.5, 0.6) is 0 Å². The molecule has 0 amide bonds. The molecule has 0 saturated carbocycles. The van der Waals surface area contributed by atoms with Gasteiger partial charge in [0.2, 0.25) is 0 Å². The van der Waals surface area contributed by atoms with Crippen molar-refractivity contribution in [3.63, 3.8) is 0 Å². The van der Waals surface area contributed by atoms with Crippen LogP contribution >= 0.6 is 15.6 Å². The topological polar surface area (TPSA) is 237 Å². The van der Waals surface area contributed by atoms with Crippen LogP contribution in [0.25, 0.3) is 0 Å². The molecule has 91 heavy (non-hydrogen) atoms. The van der Waals surface area contributed by atoms with Crippen molar-refractivity contribution in [3.05, 3.63) is 0 Å². The minimum absolute atomic E-state index is 0.107. The van der Waals surface area contributed by atoms with Crippen molar-refractivity contribution < 1.29 is 80.2 Å². The Morgan fingerprint density at radius 3 is 0.747 bits per heavy atom. The standard InChI is InChI=1S/C72H140O17P2/c1-6-9-12-15-18-21-24-27-28-29-32-35-38-41-48-53-58-71(76)88-67(61-82-69(74)55-50-45-39-36-33-30-25-22-19-16-13-10-7-2)63-86-90(78,79)84-59-66(73)60-85-91(80,81)87-64-68(62-83-70(75)56-51-46-43-42-44-49-54-65(4)5)89-72(77)57-52-47-40-37-34-31-26-23-20-17-14-11-8-3/h65-68,73H,6-64H2,1-5H3,(H,78,79)(H,80,81)/t66-,67-,68-/m1/s1. The van der Waals surface area contributed by atoms with Crippen LogP contribution in [0.3, 0.4) is 0 Å². The second-order valence-corrected chi connectivity index (χ2v) is 29.4. The van der Waals surface area contributed by atoms with Crippen molar-refractivity contribution in [2.24, 2.45) is 5.92 Å². The highest BCUT2D eigenvalue weighted by atomic mass is 31.2. The molecular formula is C72H140O17P2. The lowest BCUT2D eigenvalue weighted by molar-refractivity contribution is -0.161. The van der Waals surface area contributed by atoms with Gasteiger partial charge in [0.05, 0.1) is 26.4 Å². The van der Waals surface area contributed by atoms with Gasteiger partial charge < -0.3 is 33.8 Å². The van der Waals surface area contributed by atoms with Crippen LogP contribution < -0.4 is 0 Å². The van der Waals surface area contributed by atoms with Crippen LogP contribution in [0.4, 0.5) is 0 Å². The van der Waals surface area contributed by atoms with Gasteiger partial charge in [-0.05, 0) is 31.6 Å². The number of hydrogen-bond acceptors (Lipinski definition) is 15. The quantitative estimate of drug-likeness (QED) is 0.0222. The first-order valence-corrected chi connectivity index (χ1v) is 40.6. The van der Waals surface area contributed by atoms with Crippen LogP contribution in [0.1, 0.15) is 375 Å². The van der Waals surface area contributed by atoms with Crippen LogP contribution in [0.2, 0.25) is 0 Å². The molecule has 3 N–H and O–H groups in total. The molecule has 19 heteroatoms.